The topological polar surface area (TPSA) is 55.1 Å². The van der Waals surface area contributed by atoms with Gasteiger partial charge in [-0.3, -0.25) is 14.8 Å². The highest BCUT2D eigenvalue weighted by Gasteiger charge is 2.31. The van der Waals surface area contributed by atoms with Gasteiger partial charge < -0.3 is 4.74 Å². The average molecular weight is 329 g/mol. The second kappa shape index (κ2) is 6.03. The van der Waals surface area contributed by atoms with Crippen molar-refractivity contribution in [3.05, 3.63) is 29.4 Å². The van der Waals surface area contributed by atoms with E-state index in [4.69, 9.17) is 10.1 Å². The first-order chi connectivity index (χ1) is 7.71. The van der Waals surface area contributed by atoms with Crippen LogP contribution in [-0.2, 0) is 15.7 Å². The molecule has 1 unspecified atom stereocenters. The molecule has 0 aliphatic rings. The van der Waals surface area contributed by atoms with E-state index in [2.05, 4.69) is 0 Å². The molecule has 0 aromatic carbocycles. The third-order valence-electron chi connectivity index (χ3n) is 2.03. The maximum absolute atomic E-state index is 12.4. The third kappa shape index (κ3) is 4.17. The van der Waals surface area contributed by atoms with Crippen molar-refractivity contribution in [3.63, 3.8) is 0 Å². The first kappa shape index (κ1) is 16.7. The molecule has 0 fully saturated rings. The number of hydrogen-bond acceptors (Lipinski definition) is 3. The van der Waals surface area contributed by atoms with Gasteiger partial charge in [0.1, 0.15) is 5.49 Å². The summed E-state index contributed by atoms with van der Waals surface area (Å²) in [5, 5.41) is 7.45. The van der Waals surface area contributed by atoms with Crippen LogP contribution in [0.2, 0.25) is 0 Å². The third-order valence-corrected chi connectivity index (χ3v) is 2.03. The van der Waals surface area contributed by atoms with Gasteiger partial charge in [-0.25, -0.2) is 0 Å². The van der Waals surface area contributed by atoms with Crippen LogP contribution in [-0.4, -0.2) is 10.5 Å². The van der Waals surface area contributed by atoms with E-state index in [1.165, 1.54) is 6.92 Å². The number of esters is 1. The van der Waals surface area contributed by atoms with Crippen molar-refractivity contribution in [2.24, 2.45) is 0 Å². The smallest absolute Gasteiger partial charge is 0.417 e. The standard InChI is InChI=1S/C10H11F3N2O2.BrH/c1-6(17-7(2)16)15-5-8(10(11,12)13)3-4-9(15)14;/h3-6,14H,1-2H3;1H. The summed E-state index contributed by atoms with van der Waals surface area (Å²) in [6, 6.07) is 1.81. The molecule has 0 bridgehead atoms. The van der Waals surface area contributed by atoms with Gasteiger partial charge in [0.25, 0.3) is 0 Å². The Balaban J connectivity index is 0.00000289. The first-order valence-electron chi connectivity index (χ1n) is 4.73. The minimum absolute atomic E-state index is 0. The molecule has 8 heteroatoms. The van der Waals surface area contributed by atoms with Crippen LogP contribution >= 0.6 is 17.0 Å². The van der Waals surface area contributed by atoms with Crippen LogP contribution in [0.1, 0.15) is 25.6 Å². The van der Waals surface area contributed by atoms with Crippen molar-refractivity contribution < 1.29 is 22.7 Å². The fourth-order valence-electron chi connectivity index (χ4n) is 1.28. The zero-order chi connectivity index (χ0) is 13.2. The predicted molar refractivity (Wildman–Crippen MR) is 62.1 cm³/mol. The molecule has 1 aromatic rings. The number of hydrogen-bond donors (Lipinski definition) is 1. The van der Waals surface area contributed by atoms with Crippen LogP contribution in [0.3, 0.4) is 0 Å². The zero-order valence-electron chi connectivity index (χ0n) is 9.62. The molecule has 1 heterocycles. The highest BCUT2D eigenvalue weighted by molar-refractivity contribution is 8.93. The molecule has 0 radical (unpaired) electrons. The maximum atomic E-state index is 12.4. The summed E-state index contributed by atoms with van der Waals surface area (Å²) >= 11 is 0. The summed E-state index contributed by atoms with van der Waals surface area (Å²) in [7, 11) is 0. The molecule has 1 N–H and O–H groups in total. The number of nitrogens with one attached hydrogen (secondary N) is 1. The second-order valence-electron chi connectivity index (χ2n) is 3.42. The SMILES string of the molecule is Br.CC(=O)OC(C)n1cc(C(F)(F)F)ccc1=N. The van der Waals surface area contributed by atoms with E-state index in [1.54, 1.807) is 0 Å². The molecule has 0 aliphatic heterocycles. The number of pyridine rings is 1. The Hall–Kier alpha value is -1.31. The van der Waals surface area contributed by atoms with Gasteiger partial charge in [0.2, 0.25) is 0 Å². The molecule has 0 aliphatic carbocycles. The lowest BCUT2D eigenvalue weighted by Gasteiger charge is -2.17. The lowest BCUT2D eigenvalue weighted by atomic mass is 10.2. The Bertz CT molecular complexity index is 485. The molecule has 0 saturated carbocycles. The monoisotopic (exact) mass is 328 g/mol. The largest absolute Gasteiger partial charge is 0.442 e. The first-order valence-corrected chi connectivity index (χ1v) is 4.73. The van der Waals surface area contributed by atoms with E-state index in [0.717, 1.165) is 29.8 Å². The lowest BCUT2D eigenvalue weighted by Crippen LogP contribution is -2.26. The molecule has 0 saturated heterocycles. The van der Waals surface area contributed by atoms with Crippen molar-refractivity contribution >= 4 is 23.0 Å². The lowest BCUT2D eigenvalue weighted by molar-refractivity contribution is -0.150. The molecule has 0 spiro atoms. The number of carbonyl (C=O) groups excluding carboxylic acids is 1. The Labute approximate surface area is 112 Å². The highest BCUT2D eigenvalue weighted by Crippen LogP contribution is 2.28. The molecule has 1 atom stereocenters. The van der Waals surface area contributed by atoms with E-state index >= 15 is 0 Å². The van der Waals surface area contributed by atoms with Gasteiger partial charge in [-0.1, -0.05) is 0 Å². The second-order valence-corrected chi connectivity index (χ2v) is 3.42. The van der Waals surface area contributed by atoms with Crippen LogP contribution in [0.4, 0.5) is 13.2 Å². The van der Waals surface area contributed by atoms with Crippen LogP contribution in [0, 0.1) is 5.41 Å². The number of rotatable bonds is 2. The Morgan fingerprint density at radius 1 is 1.44 bits per heavy atom. The van der Waals surface area contributed by atoms with Gasteiger partial charge in [0.05, 0.1) is 5.56 Å². The van der Waals surface area contributed by atoms with Gasteiger partial charge in [-0.15, -0.1) is 17.0 Å². The predicted octanol–water partition coefficient (Wildman–Crippen LogP) is 2.65. The Morgan fingerprint density at radius 2 is 2.00 bits per heavy atom. The number of carbonyl (C=O) groups is 1. The van der Waals surface area contributed by atoms with E-state index in [-0.39, 0.29) is 22.5 Å². The van der Waals surface area contributed by atoms with Crippen molar-refractivity contribution in [1.29, 1.82) is 5.41 Å². The van der Waals surface area contributed by atoms with Gasteiger partial charge in [-0.2, -0.15) is 13.2 Å². The maximum Gasteiger partial charge on any atom is 0.417 e. The van der Waals surface area contributed by atoms with Crippen LogP contribution in [0.5, 0.6) is 0 Å². The van der Waals surface area contributed by atoms with E-state index < -0.39 is 23.9 Å². The van der Waals surface area contributed by atoms with E-state index in [0.29, 0.717) is 0 Å². The number of alkyl halides is 3. The van der Waals surface area contributed by atoms with Crippen molar-refractivity contribution in [3.8, 4) is 0 Å². The summed E-state index contributed by atoms with van der Waals surface area (Å²) in [5.74, 6) is -0.623. The Kier molecular flexibility index (Phi) is 5.59. The van der Waals surface area contributed by atoms with Crippen LogP contribution in [0.15, 0.2) is 18.3 Å². The normalized spacial score (nSPS) is 12.5. The van der Waals surface area contributed by atoms with Gasteiger partial charge in [0, 0.05) is 13.1 Å². The molecule has 18 heavy (non-hydrogen) atoms. The van der Waals surface area contributed by atoms with Gasteiger partial charge in [0.15, 0.2) is 6.23 Å². The summed E-state index contributed by atoms with van der Waals surface area (Å²) in [4.78, 5) is 10.7. The number of ether oxygens (including phenoxy) is 1. The minimum atomic E-state index is -4.49. The van der Waals surface area contributed by atoms with Crippen molar-refractivity contribution in [2.75, 3.05) is 0 Å². The Morgan fingerprint density at radius 3 is 2.44 bits per heavy atom. The van der Waals surface area contributed by atoms with Gasteiger partial charge >= 0.3 is 12.1 Å². The van der Waals surface area contributed by atoms with E-state index in [1.807, 2.05) is 0 Å². The van der Waals surface area contributed by atoms with Crippen molar-refractivity contribution in [1.82, 2.24) is 4.57 Å². The minimum Gasteiger partial charge on any atom is -0.442 e. The molecular formula is C10H12BrF3N2O2. The van der Waals surface area contributed by atoms with Crippen LogP contribution in [0.25, 0.3) is 0 Å². The summed E-state index contributed by atoms with van der Waals surface area (Å²) in [6.45, 7) is 2.54. The quantitative estimate of drug-likeness (QED) is 0.848. The molecule has 102 valence electrons. The fourth-order valence-corrected chi connectivity index (χ4v) is 1.28. The molecule has 4 nitrogen and oxygen atoms in total. The van der Waals surface area contributed by atoms with Crippen molar-refractivity contribution in [2.45, 2.75) is 26.3 Å². The molecule has 1 aromatic heterocycles. The number of aromatic nitrogens is 1. The molecule has 0 amide bonds. The van der Waals surface area contributed by atoms with Gasteiger partial charge in [-0.05, 0) is 19.1 Å². The van der Waals surface area contributed by atoms with E-state index in [9.17, 15) is 18.0 Å². The highest BCUT2D eigenvalue weighted by atomic mass is 79.9. The number of halogens is 4. The summed E-state index contributed by atoms with van der Waals surface area (Å²) < 4.78 is 43.0. The molecular weight excluding hydrogens is 317 g/mol. The molecule has 1 rings (SSSR count). The zero-order valence-corrected chi connectivity index (χ0v) is 11.3. The summed E-state index contributed by atoms with van der Waals surface area (Å²) in [6.07, 6.45) is -4.70. The van der Waals surface area contributed by atoms with Crippen LogP contribution < -0.4 is 5.49 Å². The number of nitrogens with zero attached hydrogens (tertiary/aromatic N) is 1. The summed E-state index contributed by atoms with van der Waals surface area (Å²) in [5.41, 5.74) is -1.07. The fraction of sp³-hybridized carbons (Fsp3) is 0.400. The average Bonchev–Trinajstić information content (AvgIpc) is 2.15.